The van der Waals surface area contributed by atoms with Crippen LogP contribution in [0.2, 0.25) is 0 Å². The van der Waals surface area contributed by atoms with Crippen LogP contribution in [-0.2, 0) is 0 Å². The molecule has 1 rings (SSSR count). The van der Waals surface area contributed by atoms with Gasteiger partial charge in [0.25, 0.3) is 0 Å². The molecule has 0 aliphatic carbocycles. The first kappa shape index (κ1) is 19.3. The first-order valence-corrected chi connectivity index (χ1v) is 8.20. The van der Waals surface area contributed by atoms with Crippen molar-refractivity contribution in [3.63, 3.8) is 0 Å². The number of unbranched alkanes of at least 4 members (excludes halogenated alkanes) is 1. The minimum Gasteiger partial charge on any atom is -0.491 e. The van der Waals surface area contributed by atoms with E-state index in [1.807, 2.05) is 13.8 Å². The highest BCUT2D eigenvalue weighted by Gasteiger charge is 2.06. The Kier molecular flexibility index (Phi) is 9.09. The molecule has 1 aromatic carbocycles. The van der Waals surface area contributed by atoms with Gasteiger partial charge < -0.3 is 25.8 Å². The summed E-state index contributed by atoms with van der Waals surface area (Å²) < 4.78 is 5.52. The number of carbonyl (C=O) groups excluding carboxylic acids is 1. The number of hydrogen-bond acceptors (Lipinski definition) is 4. The molecule has 0 fully saturated rings. The Morgan fingerprint density at radius 2 is 1.96 bits per heavy atom. The van der Waals surface area contributed by atoms with Crippen LogP contribution >= 0.6 is 0 Å². The molecule has 0 bridgehead atoms. The molecular formula is C17H29N3O3. The summed E-state index contributed by atoms with van der Waals surface area (Å²) in [5.41, 5.74) is 0.702. The summed E-state index contributed by atoms with van der Waals surface area (Å²) in [6.45, 7) is 7.52. The van der Waals surface area contributed by atoms with Gasteiger partial charge in [-0.25, -0.2) is 4.79 Å². The average molecular weight is 323 g/mol. The van der Waals surface area contributed by atoms with Gasteiger partial charge in [0.15, 0.2) is 0 Å². The van der Waals surface area contributed by atoms with Gasteiger partial charge in [-0.3, -0.25) is 0 Å². The molecule has 6 heteroatoms. The molecule has 0 heterocycles. The van der Waals surface area contributed by atoms with E-state index in [1.165, 1.54) is 0 Å². The molecule has 1 unspecified atom stereocenters. The maximum absolute atomic E-state index is 11.6. The molecule has 2 amide bonds. The molecule has 130 valence electrons. The van der Waals surface area contributed by atoms with E-state index >= 15 is 0 Å². The van der Waals surface area contributed by atoms with E-state index in [-0.39, 0.29) is 12.6 Å². The third-order valence-corrected chi connectivity index (χ3v) is 3.13. The van der Waals surface area contributed by atoms with Crippen molar-refractivity contribution in [3.05, 3.63) is 24.3 Å². The molecule has 0 saturated carbocycles. The topological polar surface area (TPSA) is 82.6 Å². The molecule has 6 nitrogen and oxygen atoms in total. The molecule has 1 aromatic rings. The van der Waals surface area contributed by atoms with E-state index in [0.717, 1.165) is 12.8 Å². The molecular weight excluding hydrogens is 294 g/mol. The summed E-state index contributed by atoms with van der Waals surface area (Å²) in [6.07, 6.45) is 1.46. The molecule has 1 atom stereocenters. The van der Waals surface area contributed by atoms with Crippen molar-refractivity contribution in [2.75, 3.05) is 25.0 Å². The van der Waals surface area contributed by atoms with Crippen LogP contribution in [-0.4, -0.2) is 43.0 Å². The molecule has 0 aliphatic rings. The molecule has 0 saturated heterocycles. The van der Waals surface area contributed by atoms with Crippen LogP contribution in [0.4, 0.5) is 10.5 Å². The van der Waals surface area contributed by atoms with Crippen LogP contribution in [0.3, 0.4) is 0 Å². The zero-order chi connectivity index (χ0) is 17.1. The Bertz CT molecular complexity index is 449. The predicted molar refractivity (Wildman–Crippen MR) is 93.0 cm³/mol. The van der Waals surface area contributed by atoms with Gasteiger partial charge in [-0.05, 0) is 30.7 Å². The number of amides is 2. The summed E-state index contributed by atoms with van der Waals surface area (Å²) >= 11 is 0. The Labute approximate surface area is 138 Å². The van der Waals surface area contributed by atoms with Gasteiger partial charge in [-0.15, -0.1) is 0 Å². The molecule has 0 aliphatic heterocycles. The number of urea groups is 1. The van der Waals surface area contributed by atoms with E-state index in [9.17, 15) is 9.90 Å². The summed E-state index contributed by atoms with van der Waals surface area (Å²) in [6, 6.07) is 7.20. The van der Waals surface area contributed by atoms with Crippen LogP contribution in [0.5, 0.6) is 5.75 Å². The van der Waals surface area contributed by atoms with Crippen molar-refractivity contribution in [3.8, 4) is 5.75 Å². The summed E-state index contributed by atoms with van der Waals surface area (Å²) in [7, 11) is 0. The number of carbonyl (C=O) groups is 1. The maximum atomic E-state index is 11.6. The fourth-order valence-corrected chi connectivity index (χ4v) is 1.81. The summed E-state index contributed by atoms with van der Waals surface area (Å²) in [5, 5.41) is 18.5. The zero-order valence-electron chi connectivity index (χ0n) is 14.3. The van der Waals surface area contributed by atoms with Gasteiger partial charge in [0.1, 0.15) is 18.5 Å². The summed E-state index contributed by atoms with van der Waals surface area (Å²) in [4.78, 5) is 11.6. The van der Waals surface area contributed by atoms with E-state index in [1.54, 1.807) is 24.3 Å². The highest BCUT2D eigenvalue weighted by Crippen LogP contribution is 2.15. The average Bonchev–Trinajstić information content (AvgIpc) is 2.52. The minimum absolute atomic E-state index is 0.206. The third-order valence-electron chi connectivity index (χ3n) is 3.13. The number of aliphatic hydroxyl groups excluding tert-OH is 1. The van der Waals surface area contributed by atoms with Gasteiger partial charge in [0.2, 0.25) is 0 Å². The van der Waals surface area contributed by atoms with Gasteiger partial charge in [-0.1, -0.05) is 27.2 Å². The first-order valence-electron chi connectivity index (χ1n) is 8.20. The standard InChI is InChI=1S/C17H29N3O3/c1-4-5-10-18-17(22)20-14-6-8-16(9-7-14)23-12-15(21)11-19-13(2)3/h6-9,13,15,19,21H,4-5,10-12H2,1-3H3,(H2,18,20,22). The lowest BCUT2D eigenvalue weighted by molar-refractivity contribution is 0.104. The van der Waals surface area contributed by atoms with E-state index in [0.29, 0.717) is 30.6 Å². The van der Waals surface area contributed by atoms with Crippen molar-refractivity contribution in [2.45, 2.75) is 45.8 Å². The van der Waals surface area contributed by atoms with Crippen molar-refractivity contribution < 1.29 is 14.6 Å². The summed E-state index contributed by atoms with van der Waals surface area (Å²) in [5.74, 6) is 0.658. The second-order valence-electron chi connectivity index (χ2n) is 5.79. The van der Waals surface area contributed by atoms with E-state index in [2.05, 4.69) is 22.9 Å². The second kappa shape index (κ2) is 10.9. The Morgan fingerprint density at radius 1 is 1.26 bits per heavy atom. The number of nitrogens with one attached hydrogen (secondary N) is 3. The first-order chi connectivity index (χ1) is 11.0. The fraction of sp³-hybridized carbons (Fsp3) is 0.588. The van der Waals surface area contributed by atoms with Gasteiger partial charge in [0, 0.05) is 24.8 Å². The number of hydrogen-bond donors (Lipinski definition) is 4. The van der Waals surface area contributed by atoms with Crippen LogP contribution in [0, 0.1) is 0 Å². The van der Waals surface area contributed by atoms with Crippen molar-refractivity contribution in [1.29, 1.82) is 0 Å². The molecule has 0 spiro atoms. The van der Waals surface area contributed by atoms with Gasteiger partial charge in [0.05, 0.1) is 0 Å². The normalized spacial score (nSPS) is 12.0. The predicted octanol–water partition coefficient (Wildman–Crippen LogP) is 2.35. The number of ether oxygens (including phenoxy) is 1. The Morgan fingerprint density at radius 3 is 2.57 bits per heavy atom. The molecule has 4 N–H and O–H groups in total. The lowest BCUT2D eigenvalue weighted by Gasteiger charge is -2.15. The Balaban J connectivity index is 2.31. The van der Waals surface area contributed by atoms with Gasteiger partial charge in [-0.2, -0.15) is 0 Å². The van der Waals surface area contributed by atoms with Crippen LogP contribution in [0.15, 0.2) is 24.3 Å². The quantitative estimate of drug-likeness (QED) is 0.498. The van der Waals surface area contributed by atoms with Crippen molar-refractivity contribution >= 4 is 11.7 Å². The third kappa shape index (κ3) is 9.05. The SMILES string of the molecule is CCCCNC(=O)Nc1ccc(OCC(O)CNC(C)C)cc1. The number of benzene rings is 1. The van der Waals surface area contributed by atoms with Gasteiger partial charge >= 0.3 is 6.03 Å². The molecule has 0 radical (unpaired) electrons. The highest BCUT2D eigenvalue weighted by atomic mass is 16.5. The lowest BCUT2D eigenvalue weighted by Crippen LogP contribution is -2.35. The maximum Gasteiger partial charge on any atom is 0.319 e. The zero-order valence-corrected chi connectivity index (χ0v) is 14.3. The smallest absolute Gasteiger partial charge is 0.319 e. The van der Waals surface area contributed by atoms with Crippen LogP contribution < -0.4 is 20.7 Å². The van der Waals surface area contributed by atoms with Crippen LogP contribution in [0.1, 0.15) is 33.6 Å². The molecule has 23 heavy (non-hydrogen) atoms. The Hall–Kier alpha value is -1.79. The van der Waals surface area contributed by atoms with Crippen molar-refractivity contribution in [2.24, 2.45) is 0 Å². The lowest BCUT2D eigenvalue weighted by atomic mass is 10.3. The number of aliphatic hydroxyl groups is 1. The molecule has 0 aromatic heterocycles. The number of rotatable bonds is 10. The largest absolute Gasteiger partial charge is 0.491 e. The fourth-order valence-electron chi connectivity index (χ4n) is 1.81. The number of anilines is 1. The highest BCUT2D eigenvalue weighted by molar-refractivity contribution is 5.89. The van der Waals surface area contributed by atoms with E-state index < -0.39 is 6.10 Å². The van der Waals surface area contributed by atoms with Crippen molar-refractivity contribution in [1.82, 2.24) is 10.6 Å². The van der Waals surface area contributed by atoms with Crippen LogP contribution in [0.25, 0.3) is 0 Å². The minimum atomic E-state index is -0.556. The monoisotopic (exact) mass is 323 g/mol. The second-order valence-corrected chi connectivity index (χ2v) is 5.79. The van der Waals surface area contributed by atoms with E-state index in [4.69, 9.17) is 4.74 Å².